The van der Waals surface area contributed by atoms with Crippen LogP contribution in [0.5, 0.6) is 5.75 Å². The Balaban J connectivity index is 1.38. The van der Waals surface area contributed by atoms with Crippen molar-refractivity contribution in [2.45, 2.75) is 57.0 Å². The van der Waals surface area contributed by atoms with Gasteiger partial charge in [0.25, 0.3) is 0 Å². The van der Waals surface area contributed by atoms with Gasteiger partial charge in [-0.15, -0.1) is 0 Å². The Bertz CT molecular complexity index is 744. The van der Waals surface area contributed by atoms with Gasteiger partial charge in [-0.05, 0) is 48.8 Å². The van der Waals surface area contributed by atoms with Gasteiger partial charge < -0.3 is 10.1 Å². The number of methoxy groups -OCH3 is 1. The van der Waals surface area contributed by atoms with Crippen molar-refractivity contribution >= 4 is 5.91 Å². The average molecular weight is 368 g/mol. The third kappa shape index (κ3) is 3.84. The molecule has 144 valence electrons. The zero-order chi connectivity index (χ0) is 18.6. The lowest BCUT2D eigenvalue weighted by Gasteiger charge is -2.55. The molecule has 2 fully saturated rings. The van der Waals surface area contributed by atoms with Crippen molar-refractivity contribution in [3.63, 3.8) is 0 Å². The second-order valence-electron chi connectivity index (χ2n) is 7.77. The van der Waals surface area contributed by atoms with Crippen molar-refractivity contribution in [1.29, 1.82) is 0 Å². The predicted molar refractivity (Wildman–Crippen MR) is 102 cm³/mol. The number of aromatic nitrogens is 3. The molecule has 2 aliphatic carbocycles. The van der Waals surface area contributed by atoms with Crippen molar-refractivity contribution in [2.75, 3.05) is 7.11 Å². The minimum absolute atomic E-state index is 0.155. The van der Waals surface area contributed by atoms with Crippen LogP contribution in [0.4, 0.5) is 0 Å². The number of hydrogen-bond acceptors (Lipinski definition) is 4. The molecule has 2 aromatic rings. The van der Waals surface area contributed by atoms with Crippen molar-refractivity contribution in [3.05, 3.63) is 42.5 Å². The summed E-state index contributed by atoms with van der Waals surface area (Å²) >= 11 is 0. The Morgan fingerprint density at radius 1 is 1.22 bits per heavy atom. The molecule has 6 heteroatoms. The number of carbonyl (C=O) groups excluding carboxylic acids is 1. The maximum atomic E-state index is 12.6. The molecule has 4 rings (SSSR count). The first-order chi connectivity index (χ1) is 13.3. The molecule has 0 radical (unpaired) electrons. The van der Waals surface area contributed by atoms with Crippen LogP contribution in [-0.2, 0) is 11.3 Å². The van der Waals surface area contributed by atoms with Crippen LogP contribution in [0.1, 0.15) is 50.0 Å². The monoisotopic (exact) mass is 368 g/mol. The number of hydrogen-bond donors (Lipinski definition) is 1. The summed E-state index contributed by atoms with van der Waals surface area (Å²) in [7, 11) is 1.69. The predicted octanol–water partition coefficient (Wildman–Crippen LogP) is 3.16. The Morgan fingerprint density at radius 2 is 2.00 bits per heavy atom. The summed E-state index contributed by atoms with van der Waals surface area (Å²) in [6.07, 6.45) is 9.64. The fourth-order valence-electron chi connectivity index (χ4n) is 4.95. The highest BCUT2D eigenvalue weighted by Gasteiger charge is 2.51. The molecule has 1 aromatic carbocycles. The van der Waals surface area contributed by atoms with Crippen LogP contribution in [0.15, 0.2) is 36.9 Å². The van der Waals surface area contributed by atoms with E-state index in [2.05, 4.69) is 27.5 Å². The molecule has 0 saturated heterocycles. The van der Waals surface area contributed by atoms with Crippen molar-refractivity contribution in [3.8, 4) is 5.75 Å². The van der Waals surface area contributed by atoms with Gasteiger partial charge >= 0.3 is 0 Å². The number of nitrogens with zero attached hydrogens (tertiary/aromatic N) is 3. The fourth-order valence-corrected chi connectivity index (χ4v) is 4.95. The van der Waals surface area contributed by atoms with Crippen LogP contribution in [0, 0.1) is 11.8 Å². The Morgan fingerprint density at radius 3 is 2.70 bits per heavy atom. The van der Waals surface area contributed by atoms with Gasteiger partial charge in [0.1, 0.15) is 18.4 Å². The minimum Gasteiger partial charge on any atom is -0.497 e. The van der Waals surface area contributed by atoms with E-state index in [9.17, 15) is 4.79 Å². The molecule has 27 heavy (non-hydrogen) atoms. The standard InChI is InChI=1S/C21H28N4O2/c1-27-16-10-8-15(9-11-16)20-17-5-2-3-6-18(17)21(20)24-19(26)7-4-12-25-14-22-13-23-25/h8-11,13-14,17-18,20-21H,2-7,12H2,1H3,(H,24,26)/t17-,18+,20-,21-/m0/s1. The molecule has 2 saturated carbocycles. The molecule has 1 N–H and O–H groups in total. The number of nitrogens with one attached hydrogen (secondary N) is 1. The van der Waals surface area contributed by atoms with Gasteiger partial charge in [-0.1, -0.05) is 25.0 Å². The third-order valence-electron chi connectivity index (χ3n) is 6.27. The first kappa shape index (κ1) is 18.0. The molecule has 0 spiro atoms. The summed E-state index contributed by atoms with van der Waals surface area (Å²) < 4.78 is 7.06. The molecule has 6 nitrogen and oxygen atoms in total. The van der Waals surface area contributed by atoms with Gasteiger partial charge in [0.2, 0.25) is 5.91 Å². The van der Waals surface area contributed by atoms with Crippen LogP contribution in [-0.4, -0.2) is 33.8 Å². The lowest BCUT2D eigenvalue weighted by atomic mass is 9.53. The van der Waals surface area contributed by atoms with Gasteiger partial charge in [-0.3, -0.25) is 9.48 Å². The lowest BCUT2D eigenvalue weighted by molar-refractivity contribution is -0.125. The first-order valence-electron chi connectivity index (χ1n) is 10.0. The topological polar surface area (TPSA) is 69.0 Å². The summed E-state index contributed by atoms with van der Waals surface area (Å²) in [5, 5.41) is 7.44. The number of amides is 1. The SMILES string of the molecule is COc1ccc([C@H]2[C@H]3CCCC[C@H]3[C@@H]2NC(=O)CCCn2cncn2)cc1. The van der Waals surface area contributed by atoms with Gasteiger partial charge in [0, 0.05) is 24.9 Å². The maximum Gasteiger partial charge on any atom is 0.220 e. The number of ether oxygens (including phenoxy) is 1. The van der Waals surface area contributed by atoms with Crippen molar-refractivity contribution < 1.29 is 9.53 Å². The van der Waals surface area contributed by atoms with Crippen molar-refractivity contribution in [2.24, 2.45) is 11.8 Å². The normalized spacial score (nSPS) is 26.7. The van der Waals surface area contributed by atoms with Crippen LogP contribution in [0.25, 0.3) is 0 Å². The number of rotatable bonds is 7. The number of fused-ring (bicyclic) bond motifs is 1. The maximum absolute atomic E-state index is 12.6. The highest BCUT2D eigenvalue weighted by Crippen LogP contribution is 2.54. The zero-order valence-electron chi connectivity index (χ0n) is 15.9. The van der Waals surface area contributed by atoms with Gasteiger partial charge in [0.05, 0.1) is 7.11 Å². The van der Waals surface area contributed by atoms with Gasteiger partial charge in [-0.2, -0.15) is 5.10 Å². The highest BCUT2D eigenvalue weighted by molar-refractivity contribution is 5.76. The van der Waals surface area contributed by atoms with E-state index >= 15 is 0 Å². The average Bonchev–Trinajstić information content (AvgIpc) is 3.20. The van der Waals surface area contributed by atoms with E-state index in [1.807, 2.05) is 12.1 Å². The Labute approximate surface area is 160 Å². The molecule has 0 bridgehead atoms. The fraction of sp³-hybridized carbons (Fsp3) is 0.571. The second-order valence-corrected chi connectivity index (χ2v) is 7.77. The summed E-state index contributed by atoms with van der Waals surface area (Å²) in [6.45, 7) is 0.728. The molecule has 2 aliphatic rings. The van der Waals surface area contributed by atoms with E-state index in [4.69, 9.17) is 4.74 Å². The molecular weight excluding hydrogens is 340 g/mol. The van der Waals surface area contributed by atoms with Crippen LogP contribution in [0.3, 0.4) is 0 Å². The van der Waals surface area contributed by atoms with Crippen LogP contribution in [0.2, 0.25) is 0 Å². The summed E-state index contributed by atoms with van der Waals surface area (Å²) in [6, 6.07) is 8.66. The molecule has 0 unspecified atom stereocenters. The molecule has 1 amide bonds. The smallest absolute Gasteiger partial charge is 0.220 e. The minimum atomic E-state index is 0.155. The quantitative estimate of drug-likeness (QED) is 0.815. The Kier molecular flexibility index (Phi) is 5.41. The van der Waals surface area contributed by atoms with Crippen LogP contribution < -0.4 is 10.1 Å². The first-order valence-corrected chi connectivity index (χ1v) is 10.0. The Hall–Kier alpha value is -2.37. The highest BCUT2D eigenvalue weighted by atomic mass is 16.5. The number of carbonyl (C=O) groups is 1. The molecule has 0 aliphatic heterocycles. The number of aryl methyl sites for hydroxylation is 1. The van der Waals surface area contributed by atoms with E-state index in [0.29, 0.717) is 24.2 Å². The summed E-state index contributed by atoms with van der Waals surface area (Å²) in [5.74, 6) is 2.80. The van der Waals surface area contributed by atoms with Crippen molar-refractivity contribution in [1.82, 2.24) is 20.1 Å². The lowest BCUT2D eigenvalue weighted by Crippen LogP contribution is -2.59. The van der Waals surface area contributed by atoms with E-state index in [0.717, 1.165) is 18.7 Å². The van der Waals surface area contributed by atoms with Crippen LogP contribution >= 0.6 is 0 Å². The third-order valence-corrected chi connectivity index (χ3v) is 6.27. The second kappa shape index (κ2) is 8.11. The van der Waals surface area contributed by atoms with E-state index in [1.54, 1.807) is 18.1 Å². The molecule has 1 aromatic heterocycles. The molecule has 4 atom stereocenters. The number of benzene rings is 1. The van der Waals surface area contributed by atoms with Gasteiger partial charge in [-0.25, -0.2) is 4.98 Å². The summed E-state index contributed by atoms with van der Waals surface area (Å²) in [4.78, 5) is 16.5. The summed E-state index contributed by atoms with van der Waals surface area (Å²) in [5.41, 5.74) is 1.33. The molecular formula is C21H28N4O2. The molecule has 1 heterocycles. The largest absolute Gasteiger partial charge is 0.497 e. The van der Waals surface area contributed by atoms with E-state index in [1.165, 1.54) is 37.6 Å². The van der Waals surface area contributed by atoms with Gasteiger partial charge in [0.15, 0.2) is 0 Å². The van der Waals surface area contributed by atoms with E-state index in [-0.39, 0.29) is 11.9 Å². The zero-order valence-corrected chi connectivity index (χ0v) is 15.9. The van der Waals surface area contributed by atoms with E-state index < -0.39 is 0 Å².